The molecule has 2 atom stereocenters. The number of rotatable bonds is 11. The van der Waals surface area contributed by atoms with Crippen molar-refractivity contribution in [2.24, 2.45) is 0 Å². The maximum Gasteiger partial charge on any atom is 0.0428 e. The lowest BCUT2D eigenvalue weighted by Gasteiger charge is -2.27. The molecule has 2 nitrogen and oxygen atoms in total. The van der Waals surface area contributed by atoms with Crippen LogP contribution in [0.1, 0.15) is 90.8 Å². The molecule has 0 radical (unpaired) electrons. The fourth-order valence-electron chi connectivity index (χ4n) is 3.64. The molecular formula is C22H40N2. The lowest BCUT2D eigenvalue weighted by atomic mass is 9.93. The second-order valence-electron chi connectivity index (χ2n) is 7.15. The van der Waals surface area contributed by atoms with Crippen LogP contribution in [0.3, 0.4) is 0 Å². The van der Waals surface area contributed by atoms with E-state index < -0.39 is 0 Å². The van der Waals surface area contributed by atoms with Crippen LogP contribution < -0.4 is 10.6 Å². The first-order valence-corrected chi connectivity index (χ1v) is 10.2. The topological polar surface area (TPSA) is 24.1 Å². The van der Waals surface area contributed by atoms with Gasteiger partial charge in [0.05, 0.1) is 0 Å². The first-order chi connectivity index (χ1) is 11.5. The molecule has 0 heterocycles. The summed E-state index contributed by atoms with van der Waals surface area (Å²) in [6, 6.07) is 3.49. The molecule has 2 N–H and O–H groups in total. The summed E-state index contributed by atoms with van der Waals surface area (Å²) in [6.07, 6.45) is 8.14. The fourth-order valence-corrected chi connectivity index (χ4v) is 3.64. The predicted molar refractivity (Wildman–Crippen MR) is 111 cm³/mol. The predicted octanol–water partition coefficient (Wildman–Crippen LogP) is 6.57. The highest BCUT2D eigenvalue weighted by Gasteiger charge is 2.18. The fraction of sp³-hybridized carbons (Fsp3) is 0.727. The lowest BCUT2D eigenvalue weighted by Crippen LogP contribution is -2.21. The molecule has 0 aliphatic rings. The zero-order valence-electron chi connectivity index (χ0n) is 17.2. The Balaban J connectivity index is 3.33. The van der Waals surface area contributed by atoms with Gasteiger partial charge in [-0.25, -0.2) is 0 Å². The highest BCUT2D eigenvalue weighted by molar-refractivity contribution is 5.73. The molecule has 138 valence electrons. The number of hydrogen-bond acceptors (Lipinski definition) is 2. The third-order valence-electron chi connectivity index (χ3n) is 4.93. The van der Waals surface area contributed by atoms with Gasteiger partial charge in [0.15, 0.2) is 0 Å². The summed E-state index contributed by atoms with van der Waals surface area (Å²) in [5.41, 5.74) is 7.21. The van der Waals surface area contributed by atoms with E-state index in [1.54, 1.807) is 0 Å². The van der Waals surface area contributed by atoms with Gasteiger partial charge in [-0.05, 0) is 62.6 Å². The maximum absolute atomic E-state index is 3.84. The quantitative estimate of drug-likeness (QED) is 0.478. The average Bonchev–Trinajstić information content (AvgIpc) is 2.55. The van der Waals surface area contributed by atoms with E-state index in [4.69, 9.17) is 0 Å². The second kappa shape index (κ2) is 10.6. The number of anilines is 2. The third-order valence-corrected chi connectivity index (χ3v) is 4.93. The highest BCUT2D eigenvalue weighted by Crippen LogP contribution is 2.35. The Hall–Kier alpha value is -1.18. The van der Waals surface area contributed by atoms with E-state index in [1.807, 2.05) is 0 Å². The zero-order valence-corrected chi connectivity index (χ0v) is 17.2. The van der Waals surface area contributed by atoms with E-state index in [2.05, 4.69) is 65.2 Å². The highest BCUT2D eigenvalue weighted by atomic mass is 14.9. The van der Waals surface area contributed by atoms with Gasteiger partial charge in [0.2, 0.25) is 0 Å². The van der Waals surface area contributed by atoms with E-state index in [9.17, 15) is 0 Å². The van der Waals surface area contributed by atoms with Crippen molar-refractivity contribution in [3.05, 3.63) is 22.8 Å². The van der Waals surface area contributed by atoms with Gasteiger partial charge in [0.25, 0.3) is 0 Å². The summed E-state index contributed by atoms with van der Waals surface area (Å²) in [7, 11) is 0. The normalized spacial score (nSPS) is 13.6. The average molecular weight is 333 g/mol. The Labute approximate surface area is 150 Å². The van der Waals surface area contributed by atoms with Crippen LogP contribution in [0.15, 0.2) is 6.07 Å². The number of hydrogen-bond donors (Lipinski definition) is 2. The molecule has 0 aromatic heterocycles. The first kappa shape index (κ1) is 20.9. The summed E-state index contributed by atoms with van der Waals surface area (Å²) in [4.78, 5) is 0. The van der Waals surface area contributed by atoms with Crippen LogP contribution in [0.2, 0.25) is 0 Å². The van der Waals surface area contributed by atoms with Crippen molar-refractivity contribution in [2.45, 2.75) is 105 Å². The Morgan fingerprint density at radius 2 is 1.12 bits per heavy atom. The molecule has 24 heavy (non-hydrogen) atoms. The van der Waals surface area contributed by atoms with Crippen molar-refractivity contribution in [3.63, 3.8) is 0 Å². The molecule has 0 fully saturated rings. The summed E-state index contributed by atoms with van der Waals surface area (Å²) in [6.45, 7) is 16.0. The minimum atomic E-state index is 0.527. The van der Waals surface area contributed by atoms with Gasteiger partial charge < -0.3 is 10.6 Å². The molecular weight excluding hydrogens is 292 g/mol. The van der Waals surface area contributed by atoms with Gasteiger partial charge in [-0.3, -0.25) is 0 Å². The van der Waals surface area contributed by atoms with E-state index in [1.165, 1.54) is 53.7 Å². The monoisotopic (exact) mass is 332 g/mol. The molecule has 2 unspecified atom stereocenters. The van der Waals surface area contributed by atoms with Crippen molar-refractivity contribution in [1.82, 2.24) is 0 Å². The molecule has 0 bridgehead atoms. The van der Waals surface area contributed by atoms with Gasteiger partial charge in [0, 0.05) is 23.5 Å². The number of aryl methyl sites for hydroxylation is 2. The van der Waals surface area contributed by atoms with Crippen LogP contribution in [0.4, 0.5) is 11.4 Å². The standard InChI is InChI=1S/C22H40N2/c1-8-13-16(6)23-21-18(10-3)15-19(11-4)22(20(21)12-5)24-17(7)14-9-2/h15-17,23-24H,8-14H2,1-7H3. The molecule has 1 aromatic rings. The molecule has 1 aromatic carbocycles. The summed E-state index contributed by atoms with van der Waals surface area (Å²) in [5, 5.41) is 7.68. The van der Waals surface area contributed by atoms with Gasteiger partial charge >= 0.3 is 0 Å². The molecule has 0 aliphatic carbocycles. The summed E-state index contributed by atoms with van der Waals surface area (Å²) in [5.74, 6) is 0. The summed E-state index contributed by atoms with van der Waals surface area (Å²) >= 11 is 0. The Morgan fingerprint density at radius 1 is 0.708 bits per heavy atom. The molecule has 0 spiro atoms. The summed E-state index contributed by atoms with van der Waals surface area (Å²) < 4.78 is 0. The molecule has 0 aliphatic heterocycles. The van der Waals surface area contributed by atoms with Crippen molar-refractivity contribution in [2.75, 3.05) is 10.6 Å². The smallest absolute Gasteiger partial charge is 0.0428 e. The number of nitrogens with one attached hydrogen (secondary N) is 2. The number of benzene rings is 1. The second-order valence-corrected chi connectivity index (χ2v) is 7.15. The Bertz CT molecular complexity index is 453. The van der Waals surface area contributed by atoms with Gasteiger partial charge in [-0.15, -0.1) is 0 Å². The molecule has 1 rings (SSSR count). The van der Waals surface area contributed by atoms with E-state index in [0.717, 1.165) is 19.3 Å². The van der Waals surface area contributed by atoms with E-state index in [-0.39, 0.29) is 0 Å². The van der Waals surface area contributed by atoms with Crippen molar-refractivity contribution >= 4 is 11.4 Å². The van der Waals surface area contributed by atoms with Crippen LogP contribution in [-0.4, -0.2) is 12.1 Å². The van der Waals surface area contributed by atoms with E-state index >= 15 is 0 Å². The van der Waals surface area contributed by atoms with E-state index in [0.29, 0.717) is 12.1 Å². The molecule has 0 amide bonds. The van der Waals surface area contributed by atoms with Crippen molar-refractivity contribution in [1.29, 1.82) is 0 Å². The van der Waals surface area contributed by atoms with Gasteiger partial charge in [0.1, 0.15) is 0 Å². The van der Waals surface area contributed by atoms with Crippen LogP contribution in [-0.2, 0) is 19.3 Å². The molecule has 0 saturated carbocycles. The SMILES string of the molecule is CCCC(C)Nc1c(CC)cc(CC)c(NC(C)CCC)c1CC. The lowest BCUT2D eigenvalue weighted by molar-refractivity contribution is 0.684. The van der Waals surface area contributed by atoms with Gasteiger partial charge in [-0.2, -0.15) is 0 Å². The van der Waals surface area contributed by atoms with Crippen LogP contribution >= 0.6 is 0 Å². The van der Waals surface area contributed by atoms with Crippen molar-refractivity contribution < 1.29 is 0 Å². The largest absolute Gasteiger partial charge is 0.382 e. The molecule has 0 saturated heterocycles. The van der Waals surface area contributed by atoms with Gasteiger partial charge in [-0.1, -0.05) is 53.5 Å². The Kier molecular flexibility index (Phi) is 9.25. The maximum atomic E-state index is 3.84. The third kappa shape index (κ3) is 5.43. The zero-order chi connectivity index (χ0) is 18.1. The Morgan fingerprint density at radius 3 is 1.42 bits per heavy atom. The minimum absolute atomic E-state index is 0.527. The van der Waals surface area contributed by atoms with Crippen LogP contribution in [0.25, 0.3) is 0 Å². The van der Waals surface area contributed by atoms with Crippen LogP contribution in [0, 0.1) is 0 Å². The first-order valence-electron chi connectivity index (χ1n) is 10.2. The van der Waals surface area contributed by atoms with Crippen molar-refractivity contribution in [3.8, 4) is 0 Å². The van der Waals surface area contributed by atoms with Crippen LogP contribution in [0.5, 0.6) is 0 Å². The minimum Gasteiger partial charge on any atom is -0.382 e. The molecule has 2 heteroatoms.